The summed E-state index contributed by atoms with van der Waals surface area (Å²) in [4.78, 5) is 148. The average Bonchev–Trinajstić information content (AvgIpc) is 0.800. The first-order chi connectivity index (χ1) is 64.3. The molecule has 1 aliphatic heterocycles. The molecule has 136 heavy (non-hydrogen) atoms. The number of hydrogen-bond donors (Lipinski definition) is 11. The molecule has 0 radical (unpaired) electrons. The number of Topliss-reactive ketones (excluding diaryl/α,β-unsaturated/α-hetero) is 1. The molecular weight excluding hydrogens is 1750 g/mol. The molecule has 1 aliphatic rings. The number of carbonyl (C=O) groups is 10. The highest BCUT2D eigenvalue weighted by Gasteiger charge is 2.44. The van der Waals surface area contributed by atoms with Crippen molar-refractivity contribution in [1.29, 1.82) is 0 Å². The van der Waals surface area contributed by atoms with Gasteiger partial charge in [0.2, 0.25) is 29.4 Å². The number of aliphatic hydroxyl groups is 2. The second-order valence-corrected chi connectivity index (χ2v) is 39.8. The van der Waals surface area contributed by atoms with Crippen molar-refractivity contribution in [3.05, 3.63) is 234 Å². The molecule has 9 amide bonds. The number of esters is 1. The molecule has 2 aromatic heterocycles. The van der Waals surface area contributed by atoms with Crippen LogP contribution in [0.5, 0.6) is 17.2 Å². The first-order valence-electron chi connectivity index (χ1n) is 46.4. The van der Waals surface area contributed by atoms with Gasteiger partial charge in [0, 0.05) is 75.5 Å². The van der Waals surface area contributed by atoms with Crippen molar-refractivity contribution in [3.8, 4) is 39.8 Å². The van der Waals surface area contributed by atoms with Crippen molar-refractivity contribution in [2.75, 3.05) is 47.0 Å². The van der Waals surface area contributed by atoms with Crippen LogP contribution in [0, 0.1) is 27.1 Å². The van der Waals surface area contributed by atoms with Crippen LogP contribution in [0.15, 0.2) is 200 Å². The number of aromatic nitrogens is 2. The van der Waals surface area contributed by atoms with Gasteiger partial charge in [0.15, 0.2) is 11.5 Å². The molecular formula is C105H141ClN14O16. The number of carbonyl (C=O) groups excluding carboxylic acids is 10. The number of aryl methyl sites for hydroxylation is 1. The largest absolute Gasteiger partial charge is 0.493 e. The molecule has 0 bridgehead atoms. The third-order valence-corrected chi connectivity index (χ3v) is 23.9. The number of urea groups is 1. The Bertz CT molecular complexity index is 5210. The Kier molecular flexibility index (Phi) is 41.0. The van der Waals surface area contributed by atoms with E-state index < -0.39 is 129 Å². The van der Waals surface area contributed by atoms with Gasteiger partial charge in [-0.25, -0.2) is 24.4 Å². The molecule has 6 aromatic carbocycles. The summed E-state index contributed by atoms with van der Waals surface area (Å²) in [7, 11) is 3.11. The predicted octanol–water partition coefficient (Wildman–Crippen LogP) is 13.0. The van der Waals surface area contributed by atoms with E-state index in [1.54, 1.807) is 74.7 Å². The number of halogens is 1. The van der Waals surface area contributed by atoms with E-state index in [9.17, 15) is 58.2 Å². The Morgan fingerprint density at radius 3 is 1.39 bits per heavy atom. The number of nitrogens with one attached hydrogen (secondary N) is 9. The molecule has 10 atom stereocenters. The number of methoxy groups -OCH3 is 2. The van der Waals surface area contributed by atoms with Gasteiger partial charge in [-0.05, 0) is 167 Å². The number of likely N-dealkylation sites (tertiary alicyclic amines) is 1. The third-order valence-electron chi connectivity index (χ3n) is 23.7. The molecule has 11 N–H and O–H groups in total. The summed E-state index contributed by atoms with van der Waals surface area (Å²) in [6.07, 6.45) is 3.71. The number of aliphatic hydroxyl groups excluding tert-OH is 2. The number of benzene rings is 6. The standard InChI is InChI=1S/C69H92N8O12.C36H49ClN6O4/c1-13-69(9,10)61(80)64(83)77-38-20-18-27-54(77)65(84)89-56(34-30-47-31-35-57(86-11)58(41-47)87-12)50-24-21-25-51(42-50)88-39-37-71-66(85)74-59(67(3,4)5)62(81)73-53(40-46-22-15-14-16-23-46)55(79)44-76(75-63(82)60(68(6,7)8)72-45(2)78)43-48-28-32-49(33-29-48)52-26-17-19-36-70-52;1-24(44)39-31(35(2,3)4)34(47)42-43(22-26-16-18-27(19-17-26)28-15-11-12-20-38-28)23-30(45)29(21-25-13-9-8-10-14-25)40-33(46)32(41-37)36(5,6)7/h14-17,19,21-26,28-29,31-33,35-36,41-42,53-56,59-60,79H,13,18,20,27,30,34,37-40,43-44H2,1-12H3,(H,72,78)(H,73,81)(H,75,82)(H2,71,74,85);8-20,29-32,41,45H,21-23H2,1-7H3,(H,39,44)(H,40,46)(H,42,47)/t53-,54-,55-,56+,59+,60+;29-,30-,31+,32+/m00/s1. The summed E-state index contributed by atoms with van der Waals surface area (Å²) in [6.45, 7) is 30.7. The fourth-order valence-electron chi connectivity index (χ4n) is 15.6. The second-order valence-electron chi connectivity index (χ2n) is 39.5. The minimum atomic E-state index is -1.29. The van der Waals surface area contributed by atoms with Crippen LogP contribution in [0.25, 0.3) is 22.5 Å². The number of ether oxygens (including phenoxy) is 4. The number of ketones is 1. The van der Waals surface area contributed by atoms with E-state index in [1.807, 2.05) is 254 Å². The Balaban J connectivity index is 0.000000405. The van der Waals surface area contributed by atoms with Crippen molar-refractivity contribution in [2.24, 2.45) is 27.1 Å². The molecule has 30 nitrogen and oxygen atoms in total. The van der Waals surface area contributed by atoms with Crippen LogP contribution in [-0.2, 0) is 80.2 Å². The molecule has 3 heterocycles. The van der Waals surface area contributed by atoms with Crippen LogP contribution < -0.4 is 61.8 Å². The normalized spacial score (nSPS) is 15.0. The minimum Gasteiger partial charge on any atom is -0.493 e. The van der Waals surface area contributed by atoms with Gasteiger partial charge in [-0.2, -0.15) is 0 Å². The van der Waals surface area contributed by atoms with E-state index in [0.717, 1.165) is 50.3 Å². The number of hydrogen-bond acceptors (Lipinski definition) is 21. The quantitative estimate of drug-likeness (QED) is 0.00556. The summed E-state index contributed by atoms with van der Waals surface area (Å²) >= 11 is 5.99. The van der Waals surface area contributed by atoms with Crippen molar-refractivity contribution in [3.63, 3.8) is 0 Å². The number of nitrogens with zero attached hydrogens (tertiary/aromatic N) is 5. The van der Waals surface area contributed by atoms with Crippen LogP contribution in [0.4, 0.5) is 4.79 Å². The number of hydrazine groups is 2. The summed E-state index contributed by atoms with van der Waals surface area (Å²) in [6, 6.07) is 51.5. The lowest BCUT2D eigenvalue weighted by atomic mass is 9.84. The molecule has 1 saturated heterocycles. The van der Waals surface area contributed by atoms with Crippen LogP contribution in [0.2, 0.25) is 0 Å². The van der Waals surface area contributed by atoms with Crippen LogP contribution in [0.3, 0.4) is 0 Å². The van der Waals surface area contributed by atoms with Crippen molar-refractivity contribution in [1.82, 2.24) is 72.5 Å². The molecule has 734 valence electrons. The molecule has 31 heteroatoms. The summed E-state index contributed by atoms with van der Waals surface area (Å²) < 4.78 is 23.5. The fourth-order valence-corrected chi connectivity index (χ4v) is 16.0. The number of amides is 9. The molecule has 0 spiro atoms. The lowest BCUT2D eigenvalue weighted by molar-refractivity contribution is -0.164. The number of rotatable bonds is 43. The molecule has 0 aliphatic carbocycles. The van der Waals surface area contributed by atoms with Gasteiger partial charge in [0.1, 0.15) is 48.7 Å². The zero-order valence-corrected chi connectivity index (χ0v) is 82.9. The lowest BCUT2D eigenvalue weighted by Gasteiger charge is -2.36. The molecule has 0 unspecified atom stereocenters. The highest BCUT2D eigenvalue weighted by molar-refractivity contribution is 6.38. The van der Waals surface area contributed by atoms with Gasteiger partial charge < -0.3 is 66.0 Å². The molecule has 1 fully saturated rings. The Labute approximate surface area is 806 Å². The maximum absolute atomic E-state index is 14.6. The first kappa shape index (κ1) is 109. The van der Waals surface area contributed by atoms with E-state index in [-0.39, 0.29) is 70.0 Å². The monoisotopic (exact) mass is 1890 g/mol. The summed E-state index contributed by atoms with van der Waals surface area (Å²) in [5.41, 5.74) is 10.8. The SMILES string of the molecule is CC(=O)N[C@H](C(=O)NN(Cc1ccc(-c2ccccn2)cc1)C[C@H](O)[C@H](Cc1ccccc1)NC(=O)[C@@H](NCl)C(C)(C)C)C(C)(C)C.CCC(C)(C)C(=O)C(=O)N1CCCC[C@H]1C(=O)O[C@H](CCc1ccc(OC)c(OC)c1)c1cccc(OCCNC(=O)N[C@H](C(=O)N[C@@H](Cc2ccccc2)[C@@H](O)CN(Cc2ccc(-c3ccccn3)cc2)NC(=O)[C@@H](NC(C)=O)C(C)(C)C)C(C)(C)C)c1. The Morgan fingerprint density at radius 2 is 0.956 bits per heavy atom. The van der Waals surface area contributed by atoms with Gasteiger partial charge in [0.25, 0.3) is 17.7 Å². The topological polar surface area (TPSA) is 392 Å². The van der Waals surface area contributed by atoms with E-state index >= 15 is 0 Å². The molecule has 8 aromatic rings. The zero-order valence-electron chi connectivity index (χ0n) is 82.2. The van der Waals surface area contributed by atoms with E-state index in [4.69, 9.17) is 30.7 Å². The van der Waals surface area contributed by atoms with Gasteiger partial charge in [0.05, 0.1) is 56.4 Å². The van der Waals surface area contributed by atoms with E-state index in [0.29, 0.717) is 67.8 Å². The molecule has 0 saturated carbocycles. The zero-order chi connectivity index (χ0) is 99.8. The summed E-state index contributed by atoms with van der Waals surface area (Å²) in [5, 5.41) is 44.4. The average molecular weight is 1890 g/mol. The predicted molar refractivity (Wildman–Crippen MR) is 526 cm³/mol. The highest BCUT2D eigenvalue weighted by Crippen LogP contribution is 2.35. The first-order valence-corrected chi connectivity index (χ1v) is 46.8. The van der Waals surface area contributed by atoms with Gasteiger partial charge in [-0.15, -0.1) is 0 Å². The minimum absolute atomic E-state index is 0.00864. The smallest absolute Gasteiger partial charge is 0.329 e. The Hall–Kier alpha value is -12.2. The van der Waals surface area contributed by atoms with Gasteiger partial charge in [-0.1, -0.05) is 243 Å². The lowest BCUT2D eigenvalue weighted by Crippen LogP contribution is -2.61. The maximum Gasteiger partial charge on any atom is 0.329 e. The van der Waals surface area contributed by atoms with Gasteiger partial charge >= 0.3 is 12.0 Å². The van der Waals surface area contributed by atoms with Crippen molar-refractivity contribution in [2.45, 2.75) is 243 Å². The third kappa shape index (κ3) is 34.0. The highest BCUT2D eigenvalue weighted by atomic mass is 35.5. The van der Waals surface area contributed by atoms with Crippen LogP contribution in [-0.4, -0.2) is 196 Å². The Morgan fingerprint density at radius 1 is 0.500 bits per heavy atom. The van der Waals surface area contributed by atoms with Crippen LogP contribution in [0.1, 0.15) is 189 Å². The molecule has 9 rings (SSSR count). The van der Waals surface area contributed by atoms with Crippen molar-refractivity contribution >= 4 is 70.9 Å². The van der Waals surface area contributed by atoms with Crippen LogP contribution >= 0.6 is 11.8 Å². The number of piperidine rings is 1. The summed E-state index contributed by atoms with van der Waals surface area (Å²) in [5.74, 6) is -2.85. The van der Waals surface area contributed by atoms with E-state index in [2.05, 4.69) is 57.6 Å². The van der Waals surface area contributed by atoms with Crippen molar-refractivity contribution < 1.29 is 77.1 Å². The maximum atomic E-state index is 14.6. The second kappa shape index (κ2) is 51.1. The fraction of sp³-hybridized carbons (Fsp3) is 0.467. The van der Waals surface area contributed by atoms with E-state index in [1.165, 1.54) is 18.7 Å². The van der Waals surface area contributed by atoms with Gasteiger partial charge in [-0.3, -0.25) is 59.2 Å². The number of pyridine rings is 2.